The van der Waals surface area contributed by atoms with E-state index in [9.17, 15) is 4.79 Å². The van der Waals surface area contributed by atoms with Crippen LogP contribution < -0.4 is 16.4 Å². The molecule has 0 heterocycles. The fraction of sp³-hybridized carbons (Fsp3) is 0.875. The van der Waals surface area contributed by atoms with Crippen molar-refractivity contribution in [2.24, 2.45) is 11.1 Å². The molecule has 0 fully saturated rings. The number of hydrogen-bond donors (Lipinski definition) is 4. The van der Waals surface area contributed by atoms with Crippen molar-refractivity contribution in [2.75, 3.05) is 6.54 Å². The molecule has 0 bridgehead atoms. The van der Waals surface area contributed by atoms with Gasteiger partial charge >= 0.3 is 0 Å². The average molecular weight is 298 g/mol. The van der Waals surface area contributed by atoms with Gasteiger partial charge in [0.05, 0.1) is 6.04 Å². The maximum Gasteiger partial charge on any atom is 0.185 e. The molecule has 0 aromatic rings. The van der Waals surface area contributed by atoms with Gasteiger partial charge in [-0.15, -0.1) is 0 Å². The van der Waals surface area contributed by atoms with Crippen LogP contribution in [0.3, 0.4) is 0 Å². The molecule has 5 N–H and O–H groups in total. The third-order valence-corrected chi connectivity index (χ3v) is 5.05. The summed E-state index contributed by atoms with van der Waals surface area (Å²) >= 11 is 0. The Balaban J connectivity index is 5.22. The lowest BCUT2D eigenvalue weighted by atomic mass is 9.77. The zero-order chi connectivity index (χ0) is 16.7. The van der Waals surface area contributed by atoms with Crippen molar-refractivity contribution in [3.63, 3.8) is 0 Å². The van der Waals surface area contributed by atoms with Crippen molar-refractivity contribution < 1.29 is 4.79 Å². The Morgan fingerprint density at radius 2 is 1.57 bits per heavy atom. The molecule has 0 radical (unpaired) electrons. The third-order valence-electron chi connectivity index (χ3n) is 5.05. The van der Waals surface area contributed by atoms with Gasteiger partial charge in [-0.3, -0.25) is 10.2 Å². The lowest BCUT2D eigenvalue weighted by Crippen LogP contribution is -2.58. The van der Waals surface area contributed by atoms with E-state index in [0.717, 1.165) is 25.7 Å². The number of Topliss-reactive ketones (excluding diaryl/α,β-unsaturated/α-hetero) is 1. The van der Waals surface area contributed by atoms with Crippen LogP contribution in [0, 0.1) is 10.8 Å². The molecule has 0 saturated carbocycles. The van der Waals surface area contributed by atoms with E-state index in [-0.39, 0.29) is 28.7 Å². The maximum absolute atomic E-state index is 12.9. The fourth-order valence-electron chi connectivity index (χ4n) is 2.32. The first-order chi connectivity index (χ1) is 9.67. The van der Waals surface area contributed by atoms with Gasteiger partial charge in [0.1, 0.15) is 0 Å². The molecular weight excluding hydrogens is 264 g/mol. The molecule has 21 heavy (non-hydrogen) atoms. The Bertz CT molecular complexity index is 346. The molecule has 0 aromatic heterocycles. The van der Waals surface area contributed by atoms with Crippen molar-refractivity contribution in [1.29, 1.82) is 5.41 Å². The summed E-state index contributed by atoms with van der Waals surface area (Å²) in [4.78, 5) is 12.9. The molecule has 0 rings (SSSR count). The van der Waals surface area contributed by atoms with E-state index in [1.54, 1.807) is 0 Å². The first-order valence-corrected chi connectivity index (χ1v) is 8.07. The van der Waals surface area contributed by atoms with Gasteiger partial charge in [-0.1, -0.05) is 34.6 Å². The van der Waals surface area contributed by atoms with E-state index in [1.165, 1.54) is 0 Å². The summed E-state index contributed by atoms with van der Waals surface area (Å²) in [5.74, 6) is 0.105. The molecular formula is C16H34N4O. The van der Waals surface area contributed by atoms with Crippen LogP contribution in [0.25, 0.3) is 0 Å². The predicted octanol–water partition coefficient (Wildman–Crippen LogP) is 2.40. The zero-order valence-corrected chi connectivity index (χ0v) is 14.6. The fourth-order valence-corrected chi connectivity index (χ4v) is 2.32. The van der Waals surface area contributed by atoms with Crippen LogP contribution in [0.1, 0.15) is 67.2 Å². The topological polar surface area (TPSA) is 91.0 Å². The van der Waals surface area contributed by atoms with Gasteiger partial charge in [0, 0.05) is 17.5 Å². The number of hydrogen-bond acceptors (Lipinski definition) is 3. The van der Waals surface area contributed by atoms with Crippen LogP contribution in [0.5, 0.6) is 0 Å². The molecule has 1 unspecified atom stereocenters. The SMILES string of the molecule is CCC(C)(CC)NC(CNC(=N)N)C(=O)C(C)(CC)CC. The van der Waals surface area contributed by atoms with Crippen molar-refractivity contribution in [3.8, 4) is 0 Å². The Morgan fingerprint density at radius 3 is 1.90 bits per heavy atom. The molecule has 1 atom stereocenters. The molecule has 0 spiro atoms. The zero-order valence-electron chi connectivity index (χ0n) is 14.6. The summed E-state index contributed by atoms with van der Waals surface area (Å²) in [6.45, 7) is 12.9. The van der Waals surface area contributed by atoms with Gasteiger partial charge in [0.2, 0.25) is 0 Å². The maximum atomic E-state index is 12.9. The van der Waals surface area contributed by atoms with Gasteiger partial charge in [0.15, 0.2) is 11.7 Å². The molecule has 0 aromatic carbocycles. The van der Waals surface area contributed by atoms with Gasteiger partial charge in [0.25, 0.3) is 0 Å². The van der Waals surface area contributed by atoms with E-state index in [2.05, 4.69) is 45.3 Å². The van der Waals surface area contributed by atoms with Crippen LogP contribution >= 0.6 is 0 Å². The molecule has 0 aliphatic carbocycles. The Kier molecular flexibility index (Phi) is 7.93. The van der Waals surface area contributed by atoms with Crippen LogP contribution in [-0.4, -0.2) is 29.9 Å². The number of rotatable bonds is 10. The number of nitrogens with one attached hydrogen (secondary N) is 3. The number of carbonyl (C=O) groups excluding carboxylic acids is 1. The number of guanidine groups is 1. The van der Waals surface area contributed by atoms with Crippen LogP contribution in [0.15, 0.2) is 0 Å². The Morgan fingerprint density at radius 1 is 1.10 bits per heavy atom. The lowest BCUT2D eigenvalue weighted by Gasteiger charge is -2.37. The first-order valence-electron chi connectivity index (χ1n) is 8.07. The van der Waals surface area contributed by atoms with Crippen molar-refractivity contribution in [1.82, 2.24) is 10.6 Å². The molecule has 5 heteroatoms. The summed E-state index contributed by atoms with van der Waals surface area (Å²) in [6, 6.07) is -0.330. The van der Waals surface area contributed by atoms with Crippen molar-refractivity contribution >= 4 is 11.7 Å². The van der Waals surface area contributed by atoms with Gasteiger partial charge in [-0.05, 0) is 32.6 Å². The standard InChI is InChI=1S/C16H34N4O/c1-7-15(5,8-2)13(21)12(11-19-14(17)18)20-16(6,9-3)10-4/h12,20H,7-11H2,1-6H3,(H4,17,18,19). The van der Waals surface area contributed by atoms with E-state index >= 15 is 0 Å². The van der Waals surface area contributed by atoms with E-state index in [4.69, 9.17) is 11.1 Å². The Hall–Kier alpha value is -1.10. The molecule has 0 saturated heterocycles. The van der Waals surface area contributed by atoms with Crippen molar-refractivity contribution in [2.45, 2.75) is 78.8 Å². The third kappa shape index (κ3) is 5.65. The summed E-state index contributed by atoms with van der Waals surface area (Å²) in [5, 5.41) is 13.6. The first kappa shape index (κ1) is 19.9. The molecule has 0 amide bonds. The normalized spacial score (nSPS) is 13.8. The highest BCUT2D eigenvalue weighted by Crippen LogP contribution is 2.29. The monoisotopic (exact) mass is 298 g/mol. The minimum Gasteiger partial charge on any atom is -0.370 e. The van der Waals surface area contributed by atoms with Gasteiger partial charge < -0.3 is 16.4 Å². The molecule has 0 aliphatic heterocycles. The van der Waals surface area contributed by atoms with E-state index in [1.807, 2.05) is 6.92 Å². The van der Waals surface area contributed by atoms with Gasteiger partial charge in [-0.2, -0.15) is 0 Å². The smallest absolute Gasteiger partial charge is 0.185 e. The van der Waals surface area contributed by atoms with E-state index < -0.39 is 0 Å². The number of ketones is 1. The second-order valence-electron chi connectivity index (χ2n) is 6.39. The summed E-state index contributed by atoms with van der Waals surface area (Å²) in [6.07, 6.45) is 3.52. The second kappa shape index (κ2) is 8.37. The number of carbonyl (C=O) groups is 1. The van der Waals surface area contributed by atoms with Gasteiger partial charge in [-0.25, -0.2) is 0 Å². The van der Waals surface area contributed by atoms with Crippen molar-refractivity contribution in [3.05, 3.63) is 0 Å². The highest BCUT2D eigenvalue weighted by Gasteiger charge is 2.37. The average Bonchev–Trinajstić information content (AvgIpc) is 2.49. The quantitative estimate of drug-likeness (QED) is 0.368. The lowest BCUT2D eigenvalue weighted by molar-refractivity contribution is -0.131. The predicted molar refractivity (Wildman–Crippen MR) is 89.5 cm³/mol. The highest BCUT2D eigenvalue weighted by atomic mass is 16.1. The minimum absolute atomic E-state index is 0.0822. The summed E-state index contributed by atoms with van der Waals surface area (Å²) in [7, 11) is 0. The summed E-state index contributed by atoms with van der Waals surface area (Å²) < 4.78 is 0. The van der Waals surface area contributed by atoms with E-state index in [0.29, 0.717) is 6.54 Å². The van der Waals surface area contributed by atoms with Crippen LogP contribution in [0.2, 0.25) is 0 Å². The summed E-state index contributed by atoms with van der Waals surface area (Å²) in [5.41, 5.74) is 4.96. The minimum atomic E-state index is -0.335. The molecule has 5 nitrogen and oxygen atoms in total. The molecule has 124 valence electrons. The van der Waals surface area contributed by atoms with Crippen LogP contribution in [0.4, 0.5) is 0 Å². The Labute approximate surface area is 129 Å². The molecule has 0 aliphatic rings. The van der Waals surface area contributed by atoms with Crippen LogP contribution in [-0.2, 0) is 4.79 Å². The second-order valence-corrected chi connectivity index (χ2v) is 6.39. The number of nitrogens with two attached hydrogens (primary N) is 1. The largest absolute Gasteiger partial charge is 0.370 e. The highest BCUT2D eigenvalue weighted by molar-refractivity contribution is 5.90.